The van der Waals surface area contributed by atoms with Crippen molar-refractivity contribution in [1.82, 2.24) is 9.97 Å². The zero-order valence-electron chi connectivity index (χ0n) is 11.9. The van der Waals surface area contributed by atoms with Crippen molar-refractivity contribution in [3.8, 4) is 0 Å². The minimum absolute atomic E-state index is 0.824. The quantitative estimate of drug-likeness (QED) is 0.912. The fourth-order valence-corrected chi connectivity index (χ4v) is 1.84. The number of hydrogen-bond acceptors (Lipinski definition) is 4. The summed E-state index contributed by atoms with van der Waals surface area (Å²) in [5, 5.41) is 3.08. The van der Waals surface area contributed by atoms with Gasteiger partial charge in [-0.1, -0.05) is 24.6 Å². The van der Waals surface area contributed by atoms with Crippen LogP contribution in [-0.2, 0) is 6.42 Å². The molecule has 4 nitrogen and oxygen atoms in total. The third kappa shape index (κ3) is 3.02. The first-order valence-electron chi connectivity index (χ1n) is 6.50. The van der Waals surface area contributed by atoms with Gasteiger partial charge in [-0.15, -0.1) is 0 Å². The highest BCUT2D eigenvalue weighted by atomic mass is 15.2. The monoisotopic (exact) mass is 256 g/mol. The number of hydrogen-bond donors (Lipinski definition) is 1. The van der Waals surface area contributed by atoms with Gasteiger partial charge in [0.05, 0.1) is 0 Å². The van der Waals surface area contributed by atoms with Gasteiger partial charge >= 0.3 is 0 Å². The topological polar surface area (TPSA) is 41.1 Å². The second-order valence-corrected chi connectivity index (χ2v) is 4.53. The molecule has 0 fully saturated rings. The van der Waals surface area contributed by atoms with E-state index < -0.39 is 0 Å². The number of aryl methyl sites for hydroxylation is 2. The Labute approximate surface area is 114 Å². The van der Waals surface area contributed by atoms with Crippen molar-refractivity contribution in [2.75, 3.05) is 24.3 Å². The molecule has 1 heterocycles. The van der Waals surface area contributed by atoms with E-state index >= 15 is 0 Å². The van der Waals surface area contributed by atoms with Gasteiger partial charge in [0.25, 0.3) is 0 Å². The van der Waals surface area contributed by atoms with Crippen LogP contribution in [0.3, 0.4) is 0 Å². The van der Waals surface area contributed by atoms with Gasteiger partial charge in [0.1, 0.15) is 17.5 Å². The Hall–Kier alpha value is -2.10. The predicted molar refractivity (Wildman–Crippen MR) is 80.2 cm³/mol. The van der Waals surface area contributed by atoms with Crippen molar-refractivity contribution in [3.63, 3.8) is 0 Å². The molecule has 0 bridgehead atoms. The maximum atomic E-state index is 4.57. The third-order valence-electron chi connectivity index (χ3n) is 3.10. The fraction of sp³-hybridized carbons (Fsp3) is 0.333. The van der Waals surface area contributed by atoms with Gasteiger partial charge in [-0.2, -0.15) is 0 Å². The number of anilines is 3. The Balaban J connectivity index is 2.37. The number of aromatic nitrogens is 2. The zero-order valence-corrected chi connectivity index (χ0v) is 11.9. The van der Waals surface area contributed by atoms with E-state index in [0.29, 0.717) is 0 Å². The summed E-state index contributed by atoms with van der Waals surface area (Å²) in [7, 11) is 3.89. The van der Waals surface area contributed by atoms with Crippen LogP contribution in [0.25, 0.3) is 0 Å². The fourth-order valence-electron chi connectivity index (χ4n) is 1.84. The minimum atomic E-state index is 0.824. The molecule has 2 rings (SSSR count). The van der Waals surface area contributed by atoms with E-state index in [4.69, 9.17) is 0 Å². The van der Waals surface area contributed by atoms with Crippen molar-refractivity contribution < 1.29 is 0 Å². The molecule has 0 unspecified atom stereocenters. The van der Waals surface area contributed by atoms with E-state index in [1.165, 1.54) is 5.56 Å². The summed E-state index contributed by atoms with van der Waals surface area (Å²) in [5.41, 5.74) is 2.37. The SMILES string of the molecule is CCc1nc(NC)cc(N(C)c2ccc(C)cc2)n1. The largest absolute Gasteiger partial charge is 0.373 e. The Morgan fingerprint density at radius 1 is 1.16 bits per heavy atom. The van der Waals surface area contributed by atoms with Gasteiger partial charge in [-0.25, -0.2) is 9.97 Å². The first kappa shape index (κ1) is 13.3. The van der Waals surface area contributed by atoms with Crippen molar-refractivity contribution in [2.24, 2.45) is 0 Å². The van der Waals surface area contributed by atoms with Crippen LogP contribution < -0.4 is 10.2 Å². The number of rotatable bonds is 4. The molecule has 0 atom stereocenters. The second kappa shape index (κ2) is 5.69. The van der Waals surface area contributed by atoms with Gasteiger partial charge in [-0.05, 0) is 19.1 Å². The van der Waals surface area contributed by atoms with Crippen LogP contribution in [0.1, 0.15) is 18.3 Å². The van der Waals surface area contributed by atoms with Crippen molar-refractivity contribution >= 4 is 17.3 Å². The Morgan fingerprint density at radius 2 is 1.84 bits per heavy atom. The highest BCUT2D eigenvalue weighted by Gasteiger charge is 2.08. The summed E-state index contributed by atoms with van der Waals surface area (Å²) >= 11 is 0. The smallest absolute Gasteiger partial charge is 0.138 e. The molecular formula is C15H20N4. The molecule has 1 aromatic carbocycles. The minimum Gasteiger partial charge on any atom is -0.373 e. The summed E-state index contributed by atoms with van der Waals surface area (Å²) < 4.78 is 0. The van der Waals surface area contributed by atoms with E-state index in [9.17, 15) is 0 Å². The molecule has 4 heteroatoms. The molecule has 0 saturated heterocycles. The highest BCUT2D eigenvalue weighted by Crippen LogP contribution is 2.23. The lowest BCUT2D eigenvalue weighted by Crippen LogP contribution is -2.13. The molecular weight excluding hydrogens is 236 g/mol. The number of nitrogens with one attached hydrogen (secondary N) is 1. The summed E-state index contributed by atoms with van der Waals surface area (Å²) in [5.74, 6) is 2.60. The van der Waals surface area contributed by atoms with Crippen LogP contribution in [0.2, 0.25) is 0 Å². The number of nitrogens with zero attached hydrogens (tertiary/aromatic N) is 3. The Morgan fingerprint density at radius 3 is 2.42 bits per heavy atom. The van der Waals surface area contributed by atoms with E-state index in [2.05, 4.69) is 58.3 Å². The summed E-state index contributed by atoms with van der Waals surface area (Å²) in [6.07, 6.45) is 0.824. The molecule has 2 aromatic rings. The Kier molecular flexibility index (Phi) is 4.00. The molecule has 1 N–H and O–H groups in total. The van der Waals surface area contributed by atoms with E-state index in [-0.39, 0.29) is 0 Å². The lowest BCUT2D eigenvalue weighted by atomic mass is 10.2. The van der Waals surface area contributed by atoms with Gasteiger partial charge in [-0.3, -0.25) is 0 Å². The maximum Gasteiger partial charge on any atom is 0.138 e. The third-order valence-corrected chi connectivity index (χ3v) is 3.10. The molecule has 0 radical (unpaired) electrons. The molecule has 100 valence electrons. The van der Waals surface area contributed by atoms with E-state index in [1.807, 2.05) is 20.2 Å². The second-order valence-electron chi connectivity index (χ2n) is 4.53. The standard InChI is InChI=1S/C15H20N4/c1-5-13-17-14(16-3)10-15(18-13)19(4)12-8-6-11(2)7-9-12/h6-10H,5H2,1-4H3,(H,16,17,18). The molecule has 1 aromatic heterocycles. The van der Waals surface area contributed by atoms with Crippen LogP contribution in [0, 0.1) is 6.92 Å². The average molecular weight is 256 g/mol. The lowest BCUT2D eigenvalue weighted by molar-refractivity contribution is 0.927. The maximum absolute atomic E-state index is 4.57. The van der Waals surface area contributed by atoms with Gasteiger partial charge in [0, 0.05) is 32.3 Å². The van der Waals surface area contributed by atoms with Gasteiger partial charge < -0.3 is 10.2 Å². The van der Waals surface area contributed by atoms with Crippen molar-refractivity contribution in [1.29, 1.82) is 0 Å². The molecule has 0 aliphatic carbocycles. The lowest BCUT2D eigenvalue weighted by Gasteiger charge is -2.19. The van der Waals surface area contributed by atoms with Gasteiger partial charge in [0.15, 0.2) is 0 Å². The van der Waals surface area contributed by atoms with Crippen LogP contribution in [-0.4, -0.2) is 24.1 Å². The molecule has 19 heavy (non-hydrogen) atoms. The van der Waals surface area contributed by atoms with Crippen molar-refractivity contribution in [3.05, 3.63) is 41.7 Å². The van der Waals surface area contributed by atoms with Crippen LogP contribution in [0.4, 0.5) is 17.3 Å². The molecule has 0 spiro atoms. The normalized spacial score (nSPS) is 10.3. The first-order valence-corrected chi connectivity index (χ1v) is 6.50. The summed E-state index contributed by atoms with van der Waals surface area (Å²) in [6, 6.07) is 10.4. The Bertz CT molecular complexity index is 526. The first-order chi connectivity index (χ1) is 9.13. The zero-order chi connectivity index (χ0) is 13.8. The molecule has 0 amide bonds. The highest BCUT2D eigenvalue weighted by molar-refractivity contribution is 5.62. The number of benzene rings is 1. The summed E-state index contributed by atoms with van der Waals surface area (Å²) in [4.78, 5) is 11.1. The van der Waals surface area contributed by atoms with Crippen LogP contribution in [0.5, 0.6) is 0 Å². The average Bonchev–Trinajstić information content (AvgIpc) is 2.46. The van der Waals surface area contributed by atoms with Gasteiger partial charge in [0.2, 0.25) is 0 Å². The van der Waals surface area contributed by atoms with Crippen LogP contribution in [0.15, 0.2) is 30.3 Å². The predicted octanol–water partition coefficient (Wildman–Crippen LogP) is 3.16. The van der Waals surface area contributed by atoms with Crippen molar-refractivity contribution in [2.45, 2.75) is 20.3 Å². The van der Waals surface area contributed by atoms with E-state index in [0.717, 1.165) is 29.6 Å². The van der Waals surface area contributed by atoms with Crippen LogP contribution >= 0.6 is 0 Å². The molecule has 0 aliphatic heterocycles. The molecule has 0 saturated carbocycles. The van der Waals surface area contributed by atoms with E-state index in [1.54, 1.807) is 0 Å². The molecule has 0 aliphatic rings. The summed E-state index contributed by atoms with van der Waals surface area (Å²) in [6.45, 7) is 4.15.